The van der Waals surface area contributed by atoms with Crippen LogP contribution in [0.3, 0.4) is 0 Å². The second-order valence-electron chi connectivity index (χ2n) is 2.92. The lowest BCUT2D eigenvalue weighted by Crippen LogP contribution is -2.51. The molecule has 0 bridgehead atoms. The third kappa shape index (κ3) is 4.44. The number of halogens is 10. The number of hydrogen-bond donors (Lipinski definition) is 0. The topological polar surface area (TPSA) is 18.5 Å². The van der Waals surface area contributed by atoms with Gasteiger partial charge in [0.05, 0.1) is 0 Å². The van der Waals surface area contributed by atoms with E-state index in [2.05, 4.69) is 9.47 Å². The van der Waals surface area contributed by atoms with Gasteiger partial charge >= 0.3 is 24.3 Å². The molecule has 0 aliphatic heterocycles. The highest BCUT2D eigenvalue weighted by molar-refractivity contribution is 4.85. The molecule has 0 aromatic rings. The minimum Gasteiger partial charge on any atom is -0.396 e. The fourth-order valence-electron chi connectivity index (χ4n) is 0.590. The minimum atomic E-state index is -6.14. The third-order valence-corrected chi connectivity index (χ3v) is 1.42. The molecular weight excluding hydrogens is 306 g/mol. The van der Waals surface area contributed by atoms with Crippen LogP contribution >= 0.6 is 0 Å². The monoisotopic (exact) mass is 310 g/mol. The van der Waals surface area contributed by atoms with E-state index in [0.29, 0.717) is 0 Å². The van der Waals surface area contributed by atoms with Crippen LogP contribution in [0.15, 0.2) is 12.1 Å². The molecule has 2 nitrogen and oxygen atoms in total. The maximum atomic E-state index is 12.7. The molecule has 0 saturated heterocycles. The lowest BCUT2D eigenvalue weighted by molar-refractivity contribution is -0.461. The summed E-state index contributed by atoms with van der Waals surface area (Å²) in [7, 11) is 0. The lowest BCUT2D eigenvalue weighted by atomic mass is 10.4. The molecule has 0 aliphatic carbocycles. The van der Waals surface area contributed by atoms with Gasteiger partial charge in [-0.25, -0.2) is 13.2 Å². The van der Waals surface area contributed by atoms with E-state index in [1.54, 1.807) is 0 Å². The van der Waals surface area contributed by atoms with Crippen LogP contribution in [-0.2, 0) is 9.47 Å². The zero-order chi connectivity index (χ0) is 15.5. The Balaban J connectivity index is 5.12. The molecule has 0 spiro atoms. The standard InChI is InChI=1S/C7H4F10O2/c8-1-5(13,2-9)19-7(16,17)6(14,15)18-4(12)3(10)11/h1-2H2. The molecule has 0 unspecified atom stereocenters. The third-order valence-electron chi connectivity index (χ3n) is 1.42. The van der Waals surface area contributed by atoms with Crippen molar-refractivity contribution in [3.8, 4) is 0 Å². The lowest BCUT2D eigenvalue weighted by Gasteiger charge is -2.29. The fourth-order valence-corrected chi connectivity index (χ4v) is 0.590. The van der Waals surface area contributed by atoms with E-state index in [9.17, 15) is 43.9 Å². The highest BCUT2D eigenvalue weighted by Crippen LogP contribution is 2.41. The fraction of sp³-hybridized carbons (Fsp3) is 0.714. The van der Waals surface area contributed by atoms with Crippen molar-refractivity contribution in [2.45, 2.75) is 18.1 Å². The van der Waals surface area contributed by atoms with Crippen LogP contribution in [0.1, 0.15) is 0 Å². The highest BCUT2D eigenvalue weighted by Gasteiger charge is 2.66. The predicted molar refractivity (Wildman–Crippen MR) is 38.2 cm³/mol. The Bertz CT molecular complexity index is 333. The van der Waals surface area contributed by atoms with Crippen molar-refractivity contribution in [1.29, 1.82) is 0 Å². The van der Waals surface area contributed by atoms with E-state index in [1.807, 2.05) is 0 Å². The first-order chi connectivity index (χ1) is 8.41. The molecule has 0 fully saturated rings. The van der Waals surface area contributed by atoms with Crippen molar-refractivity contribution in [3.05, 3.63) is 12.1 Å². The Labute approximate surface area is 98.1 Å². The Morgan fingerprint density at radius 2 is 1.21 bits per heavy atom. The van der Waals surface area contributed by atoms with Crippen LogP contribution in [0.2, 0.25) is 0 Å². The smallest absolute Gasteiger partial charge is 0.396 e. The second kappa shape index (κ2) is 5.84. The summed E-state index contributed by atoms with van der Waals surface area (Å²) in [6.07, 6.45) is -15.8. The zero-order valence-electron chi connectivity index (χ0n) is 8.51. The Morgan fingerprint density at radius 3 is 1.53 bits per heavy atom. The normalized spacial score (nSPS) is 13.4. The second-order valence-corrected chi connectivity index (χ2v) is 2.92. The van der Waals surface area contributed by atoms with Gasteiger partial charge in [-0.05, 0) is 0 Å². The molecule has 19 heavy (non-hydrogen) atoms. The van der Waals surface area contributed by atoms with Gasteiger partial charge in [-0.1, -0.05) is 0 Å². The summed E-state index contributed by atoms with van der Waals surface area (Å²) in [6.45, 7) is -5.18. The predicted octanol–water partition coefficient (Wildman–Crippen LogP) is 3.85. The van der Waals surface area contributed by atoms with Crippen molar-refractivity contribution in [1.82, 2.24) is 0 Å². The molecule has 0 amide bonds. The molecule has 0 heterocycles. The van der Waals surface area contributed by atoms with Crippen LogP contribution in [0.4, 0.5) is 43.9 Å². The number of hydrogen-bond acceptors (Lipinski definition) is 2. The summed E-state index contributed by atoms with van der Waals surface area (Å²) in [5.41, 5.74) is 0. The first kappa shape index (κ1) is 17.8. The molecule has 0 N–H and O–H groups in total. The summed E-state index contributed by atoms with van der Waals surface area (Å²) in [5.74, 6) is -4.47. The largest absolute Gasteiger partial charge is 0.495 e. The number of alkyl halides is 7. The van der Waals surface area contributed by atoms with Gasteiger partial charge in [0, 0.05) is 0 Å². The van der Waals surface area contributed by atoms with Crippen molar-refractivity contribution in [2.24, 2.45) is 0 Å². The molecule has 12 heteroatoms. The summed E-state index contributed by atoms with van der Waals surface area (Å²) >= 11 is 0. The first-order valence-corrected chi connectivity index (χ1v) is 4.07. The summed E-state index contributed by atoms with van der Waals surface area (Å²) in [6, 6.07) is -3.39. The number of ether oxygens (including phenoxy) is 2. The minimum absolute atomic E-state index is 2.24. The molecule has 0 rings (SSSR count). The molecule has 0 aromatic carbocycles. The average Bonchev–Trinajstić information content (AvgIpc) is 2.27. The van der Waals surface area contributed by atoms with Gasteiger partial charge in [0.15, 0.2) is 13.3 Å². The summed E-state index contributed by atoms with van der Waals surface area (Å²) < 4.78 is 126. The van der Waals surface area contributed by atoms with E-state index >= 15 is 0 Å². The maximum Gasteiger partial charge on any atom is 0.495 e. The number of rotatable bonds is 7. The van der Waals surface area contributed by atoms with E-state index < -0.39 is 43.5 Å². The van der Waals surface area contributed by atoms with Crippen molar-refractivity contribution in [2.75, 3.05) is 13.3 Å². The molecule has 0 aromatic heterocycles. The van der Waals surface area contributed by atoms with Gasteiger partial charge in [0.25, 0.3) is 5.85 Å². The van der Waals surface area contributed by atoms with E-state index in [1.165, 1.54) is 0 Å². The molecule has 114 valence electrons. The van der Waals surface area contributed by atoms with Crippen LogP contribution < -0.4 is 0 Å². The van der Waals surface area contributed by atoms with Crippen LogP contribution in [0, 0.1) is 0 Å². The van der Waals surface area contributed by atoms with Gasteiger partial charge in [0.1, 0.15) is 0 Å². The van der Waals surface area contributed by atoms with Crippen LogP contribution in [0.5, 0.6) is 0 Å². The summed E-state index contributed by atoms with van der Waals surface area (Å²) in [5, 5.41) is 0. The molecule has 0 saturated carbocycles. The van der Waals surface area contributed by atoms with E-state index in [0.717, 1.165) is 0 Å². The Kier molecular flexibility index (Phi) is 5.47. The van der Waals surface area contributed by atoms with Gasteiger partial charge in [-0.15, -0.1) is 0 Å². The zero-order valence-corrected chi connectivity index (χ0v) is 8.51. The van der Waals surface area contributed by atoms with E-state index in [-0.39, 0.29) is 0 Å². The van der Waals surface area contributed by atoms with Gasteiger partial charge in [0.2, 0.25) is 0 Å². The van der Waals surface area contributed by atoms with Crippen molar-refractivity contribution in [3.63, 3.8) is 0 Å². The summed E-state index contributed by atoms with van der Waals surface area (Å²) in [4.78, 5) is 0. The van der Waals surface area contributed by atoms with Gasteiger partial charge in [-0.2, -0.15) is 30.7 Å². The Morgan fingerprint density at radius 1 is 0.789 bits per heavy atom. The van der Waals surface area contributed by atoms with Crippen LogP contribution in [-0.4, -0.2) is 31.4 Å². The molecule has 0 aliphatic rings. The van der Waals surface area contributed by atoms with Crippen molar-refractivity contribution >= 4 is 0 Å². The SMILES string of the molecule is FCC(F)(CF)OC(F)(F)C(F)(F)OC(F)=C(F)F. The maximum absolute atomic E-state index is 12.7. The Hall–Kier alpha value is -1.20. The molecule has 0 atom stereocenters. The quantitative estimate of drug-likeness (QED) is 0.525. The van der Waals surface area contributed by atoms with Crippen molar-refractivity contribution < 1.29 is 53.4 Å². The average molecular weight is 310 g/mol. The van der Waals surface area contributed by atoms with Gasteiger partial charge < -0.3 is 4.74 Å². The first-order valence-electron chi connectivity index (χ1n) is 4.07. The highest BCUT2D eigenvalue weighted by atomic mass is 19.3. The van der Waals surface area contributed by atoms with Crippen LogP contribution in [0.25, 0.3) is 0 Å². The molecule has 0 radical (unpaired) electrons. The van der Waals surface area contributed by atoms with Gasteiger partial charge in [-0.3, -0.25) is 4.74 Å². The molecular formula is C7H4F10O2. The van der Waals surface area contributed by atoms with E-state index in [4.69, 9.17) is 0 Å².